The van der Waals surface area contributed by atoms with Crippen LogP contribution < -0.4 is 5.32 Å². The van der Waals surface area contributed by atoms with Crippen LogP contribution in [0.1, 0.15) is 18.9 Å². The SMILES string of the molecule is CC1(c2cccc(F)c2)CC(=O)NC1=O. The van der Waals surface area contributed by atoms with Crippen molar-refractivity contribution in [3.63, 3.8) is 0 Å². The fraction of sp³-hybridized carbons (Fsp3) is 0.273. The Morgan fingerprint density at radius 2 is 2.13 bits per heavy atom. The average Bonchev–Trinajstić information content (AvgIpc) is 2.42. The third-order valence-corrected chi connectivity index (χ3v) is 2.73. The van der Waals surface area contributed by atoms with Crippen LogP contribution in [0.25, 0.3) is 0 Å². The summed E-state index contributed by atoms with van der Waals surface area (Å²) >= 11 is 0. The van der Waals surface area contributed by atoms with E-state index in [1.54, 1.807) is 13.0 Å². The molecule has 1 aromatic rings. The molecule has 0 spiro atoms. The molecule has 0 saturated carbocycles. The molecule has 1 saturated heterocycles. The van der Waals surface area contributed by atoms with Gasteiger partial charge in [0.25, 0.3) is 0 Å². The lowest BCUT2D eigenvalue weighted by Crippen LogP contribution is -2.32. The van der Waals surface area contributed by atoms with Crippen molar-refractivity contribution < 1.29 is 14.0 Å². The summed E-state index contributed by atoms with van der Waals surface area (Å²) in [6, 6.07) is 5.78. The Bertz CT molecular complexity index is 444. The summed E-state index contributed by atoms with van der Waals surface area (Å²) in [7, 11) is 0. The van der Waals surface area contributed by atoms with Crippen molar-refractivity contribution in [3.8, 4) is 0 Å². The molecular formula is C11H10FNO2. The molecule has 1 aliphatic rings. The predicted molar refractivity (Wildman–Crippen MR) is 51.5 cm³/mol. The van der Waals surface area contributed by atoms with Crippen molar-refractivity contribution in [2.45, 2.75) is 18.8 Å². The van der Waals surface area contributed by atoms with E-state index < -0.39 is 11.2 Å². The number of amides is 2. The molecule has 1 aliphatic heterocycles. The molecule has 1 heterocycles. The number of carbonyl (C=O) groups is 2. The summed E-state index contributed by atoms with van der Waals surface area (Å²) < 4.78 is 13.0. The van der Waals surface area contributed by atoms with E-state index in [1.807, 2.05) is 0 Å². The summed E-state index contributed by atoms with van der Waals surface area (Å²) in [5.41, 5.74) is -0.398. The van der Waals surface area contributed by atoms with E-state index in [2.05, 4.69) is 5.32 Å². The van der Waals surface area contributed by atoms with Gasteiger partial charge in [-0.15, -0.1) is 0 Å². The second-order valence-corrected chi connectivity index (χ2v) is 3.90. The maximum Gasteiger partial charge on any atom is 0.237 e. The van der Waals surface area contributed by atoms with Crippen molar-refractivity contribution in [1.82, 2.24) is 5.32 Å². The van der Waals surface area contributed by atoms with E-state index in [-0.39, 0.29) is 18.2 Å². The normalized spacial score (nSPS) is 25.5. The highest BCUT2D eigenvalue weighted by molar-refractivity contribution is 6.08. The predicted octanol–water partition coefficient (Wildman–Crippen LogP) is 1.13. The number of rotatable bonds is 1. The highest BCUT2D eigenvalue weighted by Gasteiger charge is 2.43. The molecule has 15 heavy (non-hydrogen) atoms. The minimum Gasteiger partial charge on any atom is -0.296 e. The highest BCUT2D eigenvalue weighted by atomic mass is 19.1. The number of imide groups is 1. The van der Waals surface area contributed by atoms with Crippen LogP contribution in [0.15, 0.2) is 24.3 Å². The lowest BCUT2D eigenvalue weighted by Gasteiger charge is -2.19. The Balaban J connectivity index is 2.46. The van der Waals surface area contributed by atoms with Gasteiger partial charge in [0.15, 0.2) is 0 Å². The Hall–Kier alpha value is -1.71. The number of benzene rings is 1. The van der Waals surface area contributed by atoms with Gasteiger partial charge in [-0.2, -0.15) is 0 Å². The summed E-state index contributed by atoms with van der Waals surface area (Å²) in [5.74, 6) is -1.08. The molecule has 3 nitrogen and oxygen atoms in total. The number of halogens is 1. The number of hydrogen-bond donors (Lipinski definition) is 1. The molecule has 0 bridgehead atoms. The van der Waals surface area contributed by atoms with E-state index in [4.69, 9.17) is 0 Å². The van der Waals surface area contributed by atoms with Crippen molar-refractivity contribution in [2.75, 3.05) is 0 Å². The van der Waals surface area contributed by atoms with Gasteiger partial charge in [-0.1, -0.05) is 12.1 Å². The van der Waals surface area contributed by atoms with Gasteiger partial charge in [-0.25, -0.2) is 4.39 Å². The van der Waals surface area contributed by atoms with E-state index in [0.717, 1.165) is 0 Å². The maximum absolute atomic E-state index is 13.0. The first-order valence-corrected chi connectivity index (χ1v) is 4.63. The molecule has 78 valence electrons. The molecule has 0 aromatic heterocycles. The Labute approximate surface area is 86.3 Å². The Morgan fingerprint density at radius 1 is 1.40 bits per heavy atom. The van der Waals surface area contributed by atoms with Gasteiger partial charge in [-0.05, 0) is 24.6 Å². The maximum atomic E-state index is 13.0. The van der Waals surface area contributed by atoms with Crippen LogP contribution in [0.2, 0.25) is 0 Å². The van der Waals surface area contributed by atoms with Crippen LogP contribution >= 0.6 is 0 Å². The molecule has 1 N–H and O–H groups in total. The van der Waals surface area contributed by atoms with E-state index in [0.29, 0.717) is 5.56 Å². The zero-order valence-corrected chi connectivity index (χ0v) is 8.21. The third kappa shape index (κ3) is 1.52. The molecule has 2 rings (SSSR count). The fourth-order valence-electron chi connectivity index (χ4n) is 1.78. The monoisotopic (exact) mass is 207 g/mol. The van der Waals surface area contributed by atoms with Gasteiger partial charge in [-0.3, -0.25) is 14.9 Å². The largest absolute Gasteiger partial charge is 0.296 e. The van der Waals surface area contributed by atoms with Gasteiger partial charge >= 0.3 is 0 Å². The average molecular weight is 207 g/mol. The van der Waals surface area contributed by atoms with Gasteiger partial charge < -0.3 is 0 Å². The lowest BCUT2D eigenvalue weighted by atomic mass is 9.81. The van der Waals surface area contributed by atoms with Gasteiger partial charge in [0.1, 0.15) is 5.82 Å². The number of hydrogen-bond acceptors (Lipinski definition) is 2. The number of carbonyl (C=O) groups excluding carboxylic acids is 2. The molecule has 0 radical (unpaired) electrons. The molecule has 1 unspecified atom stereocenters. The molecule has 2 amide bonds. The summed E-state index contributed by atoms with van der Waals surface area (Å²) in [6.07, 6.45) is 0.0787. The van der Waals surface area contributed by atoms with Crippen LogP contribution in [0.5, 0.6) is 0 Å². The fourth-order valence-corrected chi connectivity index (χ4v) is 1.78. The topological polar surface area (TPSA) is 46.2 Å². The van der Waals surface area contributed by atoms with Crippen molar-refractivity contribution in [2.24, 2.45) is 0 Å². The Kier molecular flexibility index (Phi) is 2.07. The van der Waals surface area contributed by atoms with Crippen LogP contribution in [0.4, 0.5) is 4.39 Å². The molecule has 1 fully saturated rings. The number of nitrogens with one attached hydrogen (secondary N) is 1. The molecular weight excluding hydrogens is 197 g/mol. The first-order valence-electron chi connectivity index (χ1n) is 4.63. The third-order valence-electron chi connectivity index (χ3n) is 2.73. The van der Waals surface area contributed by atoms with E-state index in [9.17, 15) is 14.0 Å². The molecule has 1 aromatic carbocycles. The van der Waals surface area contributed by atoms with Gasteiger partial charge in [0.2, 0.25) is 11.8 Å². The summed E-state index contributed by atoms with van der Waals surface area (Å²) in [6.45, 7) is 1.64. The lowest BCUT2D eigenvalue weighted by molar-refractivity contribution is -0.126. The van der Waals surface area contributed by atoms with Crippen LogP contribution in [-0.2, 0) is 15.0 Å². The first-order chi connectivity index (χ1) is 7.02. The van der Waals surface area contributed by atoms with Crippen LogP contribution in [0, 0.1) is 5.82 Å². The van der Waals surface area contributed by atoms with E-state index >= 15 is 0 Å². The van der Waals surface area contributed by atoms with Crippen molar-refractivity contribution >= 4 is 11.8 Å². The van der Waals surface area contributed by atoms with Crippen molar-refractivity contribution in [1.29, 1.82) is 0 Å². The van der Waals surface area contributed by atoms with Gasteiger partial charge in [0, 0.05) is 6.42 Å². The summed E-state index contributed by atoms with van der Waals surface area (Å²) in [5, 5.41) is 2.22. The van der Waals surface area contributed by atoms with Crippen LogP contribution in [-0.4, -0.2) is 11.8 Å². The standard InChI is InChI=1S/C11H10FNO2/c1-11(6-9(14)13-10(11)15)7-3-2-4-8(12)5-7/h2-5H,6H2,1H3,(H,13,14,15). The highest BCUT2D eigenvalue weighted by Crippen LogP contribution is 2.31. The minimum atomic E-state index is -0.931. The quantitative estimate of drug-likeness (QED) is 0.701. The van der Waals surface area contributed by atoms with E-state index in [1.165, 1.54) is 18.2 Å². The molecule has 4 heteroatoms. The molecule has 1 atom stereocenters. The second kappa shape index (κ2) is 3.15. The zero-order chi connectivity index (χ0) is 11.1. The smallest absolute Gasteiger partial charge is 0.237 e. The first kappa shape index (κ1) is 9.83. The zero-order valence-electron chi connectivity index (χ0n) is 8.21. The second-order valence-electron chi connectivity index (χ2n) is 3.90. The van der Waals surface area contributed by atoms with Crippen LogP contribution in [0.3, 0.4) is 0 Å². The van der Waals surface area contributed by atoms with Crippen molar-refractivity contribution in [3.05, 3.63) is 35.6 Å². The summed E-state index contributed by atoms with van der Waals surface area (Å²) in [4.78, 5) is 22.7. The Morgan fingerprint density at radius 3 is 2.67 bits per heavy atom. The minimum absolute atomic E-state index is 0.0787. The molecule has 0 aliphatic carbocycles. The van der Waals surface area contributed by atoms with Gasteiger partial charge in [0.05, 0.1) is 5.41 Å².